The molecule has 1 aromatic rings. The first-order valence-electron chi connectivity index (χ1n) is 10.9. The number of carbonyl (C=O) groups is 1. The summed E-state index contributed by atoms with van der Waals surface area (Å²) in [6.45, 7) is 4.87. The molecule has 1 aliphatic carbocycles. The van der Waals surface area contributed by atoms with Crippen LogP contribution in [0, 0.1) is 5.92 Å². The molecule has 1 saturated carbocycles. The Morgan fingerprint density at radius 2 is 1.93 bits per heavy atom. The molecule has 1 heterocycles. The van der Waals surface area contributed by atoms with E-state index in [0.29, 0.717) is 18.2 Å². The lowest BCUT2D eigenvalue weighted by Crippen LogP contribution is -2.45. The smallest absolute Gasteiger partial charge is 0.225 e. The second kappa shape index (κ2) is 11.3. The highest BCUT2D eigenvalue weighted by atomic mass is 32.2. The van der Waals surface area contributed by atoms with Gasteiger partial charge in [0.05, 0.1) is 17.3 Å². The highest BCUT2D eigenvalue weighted by molar-refractivity contribution is 7.85. The van der Waals surface area contributed by atoms with Crippen LogP contribution < -0.4 is 10.6 Å². The van der Waals surface area contributed by atoms with Gasteiger partial charge in [-0.25, -0.2) is 0 Å². The first-order valence-corrected chi connectivity index (χ1v) is 12.3. The monoisotopic (exact) mass is 418 g/mol. The van der Waals surface area contributed by atoms with Crippen LogP contribution in [0.2, 0.25) is 0 Å². The summed E-state index contributed by atoms with van der Waals surface area (Å²) in [6.07, 6.45) is 6.69. The van der Waals surface area contributed by atoms with E-state index in [1.807, 2.05) is 42.2 Å². The number of amides is 1. The summed E-state index contributed by atoms with van der Waals surface area (Å²) in [4.78, 5) is 20.2. The van der Waals surface area contributed by atoms with Gasteiger partial charge in [-0.05, 0) is 38.3 Å². The highest BCUT2D eigenvalue weighted by Crippen LogP contribution is 2.26. The second-order valence-electron chi connectivity index (χ2n) is 7.87. The molecule has 3 rings (SSSR count). The van der Waals surface area contributed by atoms with Crippen molar-refractivity contribution in [2.75, 3.05) is 31.9 Å². The van der Waals surface area contributed by atoms with Gasteiger partial charge in [-0.2, -0.15) is 0 Å². The molecule has 2 fully saturated rings. The van der Waals surface area contributed by atoms with E-state index in [4.69, 9.17) is 0 Å². The molecule has 1 aromatic carbocycles. The molecule has 2 unspecified atom stereocenters. The van der Waals surface area contributed by atoms with Crippen LogP contribution in [0.25, 0.3) is 0 Å². The summed E-state index contributed by atoms with van der Waals surface area (Å²) >= 11 is 0. The van der Waals surface area contributed by atoms with E-state index in [-0.39, 0.29) is 12.0 Å². The number of aliphatic imine (C=N–C) groups is 1. The third-order valence-corrected chi connectivity index (χ3v) is 7.04. The third-order valence-electron chi connectivity index (χ3n) is 5.69. The Morgan fingerprint density at radius 3 is 2.66 bits per heavy atom. The van der Waals surface area contributed by atoms with Crippen molar-refractivity contribution >= 4 is 22.7 Å². The van der Waals surface area contributed by atoms with Gasteiger partial charge in [0.15, 0.2) is 5.96 Å². The number of rotatable bonds is 7. The number of likely N-dealkylation sites (tertiary alicyclic amines) is 1. The molecule has 0 bridgehead atoms. The van der Waals surface area contributed by atoms with E-state index in [9.17, 15) is 9.00 Å². The Morgan fingerprint density at radius 1 is 1.17 bits per heavy atom. The van der Waals surface area contributed by atoms with Gasteiger partial charge in [-0.3, -0.25) is 14.0 Å². The number of nitrogens with one attached hydrogen (secondary N) is 2. The van der Waals surface area contributed by atoms with Crippen molar-refractivity contribution in [3.8, 4) is 0 Å². The maximum absolute atomic E-state index is 12.8. The first kappa shape index (κ1) is 21.8. The van der Waals surface area contributed by atoms with E-state index < -0.39 is 10.8 Å². The molecular weight excluding hydrogens is 384 g/mol. The fraction of sp³-hybridized carbons (Fsp3) is 0.636. The zero-order valence-corrected chi connectivity index (χ0v) is 18.3. The third kappa shape index (κ3) is 6.56. The van der Waals surface area contributed by atoms with Crippen LogP contribution in [0.3, 0.4) is 0 Å². The van der Waals surface area contributed by atoms with Gasteiger partial charge in [-0.15, -0.1) is 0 Å². The molecule has 29 heavy (non-hydrogen) atoms. The molecule has 2 N–H and O–H groups in total. The highest BCUT2D eigenvalue weighted by Gasteiger charge is 2.31. The minimum absolute atomic E-state index is 0.222. The van der Waals surface area contributed by atoms with Gasteiger partial charge in [0.2, 0.25) is 5.91 Å². The standard InChI is InChI=1S/C22H34N4O2S/c1-2-23-22(24-14-16-29(28)20-11-7-4-8-12-20)25-19-13-15-26(17-19)21(27)18-9-5-3-6-10-18/h4,7-8,11-12,18-19H,2-3,5-6,9-10,13-17H2,1H3,(H2,23,24,25). The van der Waals surface area contributed by atoms with Crippen molar-refractivity contribution in [1.29, 1.82) is 0 Å². The fourth-order valence-corrected chi connectivity index (χ4v) is 5.08. The molecule has 0 radical (unpaired) electrons. The Labute approximate surface area is 177 Å². The summed E-state index contributed by atoms with van der Waals surface area (Å²) in [5, 5.41) is 6.73. The Balaban J connectivity index is 1.47. The van der Waals surface area contributed by atoms with Gasteiger partial charge < -0.3 is 15.5 Å². The predicted molar refractivity (Wildman–Crippen MR) is 118 cm³/mol. The lowest BCUT2D eigenvalue weighted by Gasteiger charge is -2.26. The Kier molecular flexibility index (Phi) is 8.52. The van der Waals surface area contributed by atoms with Gasteiger partial charge in [0.25, 0.3) is 0 Å². The number of benzene rings is 1. The SMILES string of the molecule is CCNC(=NCCS(=O)c1ccccc1)NC1CCN(C(=O)C2CCCCC2)C1. The maximum atomic E-state index is 12.8. The van der Waals surface area contributed by atoms with Crippen molar-refractivity contribution in [3.63, 3.8) is 0 Å². The number of carbonyl (C=O) groups excluding carboxylic acids is 1. The molecule has 2 aliphatic rings. The molecule has 6 nitrogen and oxygen atoms in total. The van der Waals surface area contributed by atoms with Crippen molar-refractivity contribution < 1.29 is 9.00 Å². The Bertz CT molecular complexity index is 704. The van der Waals surface area contributed by atoms with E-state index in [0.717, 1.165) is 49.8 Å². The van der Waals surface area contributed by atoms with Gasteiger partial charge in [-0.1, -0.05) is 37.5 Å². The zero-order chi connectivity index (χ0) is 20.5. The van der Waals surface area contributed by atoms with E-state index in [1.54, 1.807) is 0 Å². The molecule has 1 amide bonds. The maximum Gasteiger partial charge on any atom is 0.225 e. The molecule has 1 aliphatic heterocycles. The molecule has 160 valence electrons. The Hall–Kier alpha value is -1.89. The quantitative estimate of drug-likeness (QED) is 0.527. The van der Waals surface area contributed by atoms with Gasteiger partial charge in [0.1, 0.15) is 0 Å². The minimum Gasteiger partial charge on any atom is -0.357 e. The van der Waals surface area contributed by atoms with Crippen molar-refractivity contribution in [1.82, 2.24) is 15.5 Å². The number of hydrogen-bond donors (Lipinski definition) is 2. The summed E-state index contributed by atoms with van der Waals surface area (Å²) in [5.41, 5.74) is 0. The summed E-state index contributed by atoms with van der Waals surface area (Å²) in [7, 11) is -1.04. The van der Waals surface area contributed by atoms with Crippen LogP contribution in [0.4, 0.5) is 0 Å². The van der Waals surface area contributed by atoms with Crippen LogP contribution in [-0.4, -0.2) is 58.9 Å². The lowest BCUT2D eigenvalue weighted by atomic mass is 9.88. The molecule has 0 aromatic heterocycles. The van der Waals surface area contributed by atoms with Crippen molar-refractivity contribution in [2.45, 2.75) is 56.4 Å². The molecule has 1 saturated heterocycles. The minimum atomic E-state index is -1.04. The zero-order valence-electron chi connectivity index (χ0n) is 17.4. The molecule has 7 heteroatoms. The summed E-state index contributed by atoms with van der Waals surface area (Å²) in [6, 6.07) is 9.74. The fourth-order valence-electron chi connectivity index (χ4n) is 4.13. The molecule has 0 spiro atoms. The van der Waals surface area contributed by atoms with Gasteiger partial charge in [0, 0.05) is 42.2 Å². The topological polar surface area (TPSA) is 73.8 Å². The molecular formula is C22H34N4O2S. The van der Waals surface area contributed by atoms with Crippen molar-refractivity contribution in [3.05, 3.63) is 30.3 Å². The lowest BCUT2D eigenvalue weighted by molar-refractivity contribution is -0.135. The van der Waals surface area contributed by atoms with Crippen LogP contribution in [-0.2, 0) is 15.6 Å². The van der Waals surface area contributed by atoms with E-state index in [2.05, 4.69) is 15.6 Å². The average molecular weight is 419 g/mol. The van der Waals surface area contributed by atoms with Crippen LogP contribution >= 0.6 is 0 Å². The van der Waals surface area contributed by atoms with E-state index >= 15 is 0 Å². The first-order chi connectivity index (χ1) is 14.2. The van der Waals surface area contributed by atoms with Crippen molar-refractivity contribution in [2.24, 2.45) is 10.9 Å². The van der Waals surface area contributed by atoms with E-state index in [1.165, 1.54) is 19.3 Å². The second-order valence-corrected chi connectivity index (χ2v) is 9.44. The van der Waals surface area contributed by atoms with Crippen LogP contribution in [0.15, 0.2) is 40.2 Å². The summed E-state index contributed by atoms with van der Waals surface area (Å²) in [5.74, 6) is 1.82. The number of nitrogens with zero attached hydrogens (tertiary/aromatic N) is 2. The average Bonchev–Trinajstić information content (AvgIpc) is 3.23. The normalized spacial score (nSPS) is 21.8. The largest absolute Gasteiger partial charge is 0.357 e. The van der Waals surface area contributed by atoms with Crippen LogP contribution in [0.5, 0.6) is 0 Å². The summed E-state index contributed by atoms with van der Waals surface area (Å²) < 4.78 is 12.4. The number of hydrogen-bond acceptors (Lipinski definition) is 3. The van der Waals surface area contributed by atoms with Gasteiger partial charge >= 0.3 is 0 Å². The van der Waals surface area contributed by atoms with Crippen LogP contribution in [0.1, 0.15) is 45.4 Å². The molecule has 2 atom stereocenters. The number of guanidine groups is 1. The predicted octanol–water partition coefficient (Wildman–Crippen LogP) is 2.53.